The first-order valence-corrected chi connectivity index (χ1v) is 6.36. The minimum atomic E-state index is -0.370. The lowest BCUT2D eigenvalue weighted by Crippen LogP contribution is -1.93. The monoisotopic (exact) mass is 278 g/mol. The Kier molecular flexibility index (Phi) is 2.81. The molecule has 2 heterocycles. The van der Waals surface area contributed by atoms with Crippen LogP contribution in [0.3, 0.4) is 0 Å². The van der Waals surface area contributed by atoms with Crippen molar-refractivity contribution in [1.29, 1.82) is 0 Å². The van der Waals surface area contributed by atoms with Crippen molar-refractivity contribution < 1.29 is 4.79 Å². The standard InChI is InChI=1S/C11H7ClN4OS/c12-9(17)5-7-2-1-3-8(4-7)10-15-16-6-13-14-11(16)18-10/h1-4,6H,5H2. The number of carbonyl (C=O) groups is 1. The second-order valence-corrected chi connectivity index (χ2v) is 5.08. The van der Waals surface area contributed by atoms with Gasteiger partial charge >= 0.3 is 0 Å². The second kappa shape index (κ2) is 4.47. The van der Waals surface area contributed by atoms with Crippen LogP contribution in [0.15, 0.2) is 30.6 Å². The fourth-order valence-corrected chi connectivity index (χ4v) is 2.62. The number of benzene rings is 1. The van der Waals surface area contributed by atoms with Crippen LogP contribution in [-0.2, 0) is 11.2 Å². The van der Waals surface area contributed by atoms with E-state index in [9.17, 15) is 4.79 Å². The summed E-state index contributed by atoms with van der Waals surface area (Å²) in [6, 6.07) is 7.59. The zero-order valence-electron chi connectivity index (χ0n) is 9.08. The van der Waals surface area contributed by atoms with Gasteiger partial charge in [0.1, 0.15) is 11.3 Å². The van der Waals surface area contributed by atoms with E-state index in [2.05, 4.69) is 15.3 Å². The summed E-state index contributed by atoms with van der Waals surface area (Å²) < 4.78 is 1.62. The van der Waals surface area contributed by atoms with Gasteiger partial charge in [-0.1, -0.05) is 29.5 Å². The van der Waals surface area contributed by atoms with Crippen LogP contribution < -0.4 is 0 Å². The molecule has 0 aliphatic rings. The van der Waals surface area contributed by atoms with E-state index < -0.39 is 0 Å². The van der Waals surface area contributed by atoms with E-state index in [1.54, 1.807) is 10.8 Å². The van der Waals surface area contributed by atoms with E-state index in [-0.39, 0.29) is 11.7 Å². The van der Waals surface area contributed by atoms with Gasteiger partial charge in [0.25, 0.3) is 0 Å². The first-order chi connectivity index (χ1) is 8.72. The Morgan fingerprint density at radius 2 is 2.33 bits per heavy atom. The van der Waals surface area contributed by atoms with E-state index in [4.69, 9.17) is 11.6 Å². The summed E-state index contributed by atoms with van der Waals surface area (Å²) in [7, 11) is 0. The van der Waals surface area contributed by atoms with Crippen molar-refractivity contribution in [1.82, 2.24) is 19.8 Å². The van der Waals surface area contributed by atoms with Crippen LogP contribution in [0.5, 0.6) is 0 Å². The highest BCUT2D eigenvalue weighted by Gasteiger charge is 2.08. The molecule has 0 aliphatic heterocycles. The quantitative estimate of drug-likeness (QED) is 0.689. The predicted molar refractivity (Wildman–Crippen MR) is 68.7 cm³/mol. The van der Waals surface area contributed by atoms with Crippen molar-refractivity contribution in [3.63, 3.8) is 0 Å². The third-order valence-electron chi connectivity index (χ3n) is 2.40. The Labute approximate surface area is 111 Å². The highest BCUT2D eigenvalue weighted by Crippen LogP contribution is 2.25. The van der Waals surface area contributed by atoms with Crippen molar-refractivity contribution in [3.8, 4) is 10.6 Å². The van der Waals surface area contributed by atoms with Gasteiger partial charge in [-0.05, 0) is 23.2 Å². The maximum absolute atomic E-state index is 10.9. The van der Waals surface area contributed by atoms with Crippen molar-refractivity contribution in [2.45, 2.75) is 6.42 Å². The number of nitrogens with zero attached hydrogens (tertiary/aromatic N) is 4. The Hall–Kier alpha value is -1.79. The molecule has 18 heavy (non-hydrogen) atoms. The van der Waals surface area contributed by atoms with Crippen LogP contribution in [0, 0.1) is 0 Å². The van der Waals surface area contributed by atoms with Gasteiger partial charge < -0.3 is 0 Å². The molecule has 0 fully saturated rings. The second-order valence-electron chi connectivity index (χ2n) is 3.70. The molecule has 7 heteroatoms. The zero-order chi connectivity index (χ0) is 12.5. The van der Waals surface area contributed by atoms with E-state index in [1.807, 2.05) is 24.3 Å². The number of fused-ring (bicyclic) bond motifs is 1. The highest BCUT2D eigenvalue weighted by molar-refractivity contribution is 7.19. The Bertz CT molecular complexity index is 692. The maximum Gasteiger partial charge on any atom is 0.234 e. The highest BCUT2D eigenvalue weighted by atomic mass is 35.5. The molecular formula is C11H7ClN4OS. The van der Waals surface area contributed by atoms with Crippen LogP contribution in [-0.4, -0.2) is 25.1 Å². The Morgan fingerprint density at radius 1 is 1.44 bits per heavy atom. The fourth-order valence-electron chi connectivity index (χ4n) is 1.65. The van der Waals surface area contributed by atoms with Gasteiger partial charge in [0.2, 0.25) is 10.2 Å². The molecule has 3 rings (SSSR count). The van der Waals surface area contributed by atoms with Gasteiger partial charge in [-0.2, -0.15) is 9.61 Å². The first-order valence-electron chi connectivity index (χ1n) is 5.17. The van der Waals surface area contributed by atoms with E-state index >= 15 is 0 Å². The summed E-state index contributed by atoms with van der Waals surface area (Å²) in [5, 5.41) is 12.5. The molecule has 0 atom stereocenters. The molecule has 0 unspecified atom stereocenters. The lowest BCUT2D eigenvalue weighted by Gasteiger charge is -1.99. The van der Waals surface area contributed by atoms with Gasteiger partial charge in [0, 0.05) is 12.0 Å². The summed E-state index contributed by atoms with van der Waals surface area (Å²) in [5.74, 6) is 0. The van der Waals surface area contributed by atoms with Gasteiger partial charge in [-0.15, -0.1) is 10.2 Å². The molecule has 0 radical (unpaired) electrons. The molecule has 0 N–H and O–H groups in total. The topological polar surface area (TPSA) is 60.2 Å². The van der Waals surface area contributed by atoms with Gasteiger partial charge in [-0.3, -0.25) is 4.79 Å². The van der Waals surface area contributed by atoms with E-state index in [0.717, 1.165) is 21.1 Å². The van der Waals surface area contributed by atoms with Crippen LogP contribution in [0.1, 0.15) is 5.56 Å². The lowest BCUT2D eigenvalue weighted by atomic mass is 10.1. The minimum absolute atomic E-state index is 0.222. The molecule has 0 saturated heterocycles. The molecule has 0 spiro atoms. The maximum atomic E-state index is 10.9. The molecule has 2 aromatic heterocycles. The number of rotatable bonds is 3. The number of hydrogen-bond acceptors (Lipinski definition) is 5. The largest absolute Gasteiger partial charge is 0.281 e. The van der Waals surface area contributed by atoms with Gasteiger partial charge in [0.05, 0.1) is 0 Å². The number of aromatic nitrogens is 4. The molecule has 3 aromatic rings. The number of halogens is 1. The molecule has 5 nitrogen and oxygen atoms in total. The smallest absolute Gasteiger partial charge is 0.234 e. The van der Waals surface area contributed by atoms with E-state index in [1.165, 1.54) is 11.3 Å². The zero-order valence-corrected chi connectivity index (χ0v) is 10.6. The molecule has 0 bridgehead atoms. The van der Waals surface area contributed by atoms with Gasteiger partial charge in [-0.25, -0.2) is 0 Å². The molecule has 90 valence electrons. The molecule has 1 aromatic carbocycles. The number of carbonyl (C=O) groups excluding carboxylic acids is 1. The van der Waals surface area contributed by atoms with Crippen molar-refractivity contribution in [3.05, 3.63) is 36.2 Å². The van der Waals surface area contributed by atoms with Crippen LogP contribution in [0.2, 0.25) is 0 Å². The van der Waals surface area contributed by atoms with Gasteiger partial charge in [0.15, 0.2) is 0 Å². The molecular weight excluding hydrogens is 272 g/mol. The minimum Gasteiger partial charge on any atom is -0.281 e. The van der Waals surface area contributed by atoms with Crippen molar-refractivity contribution in [2.75, 3.05) is 0 Å². The molecule has 0 saturated carbocycles. The molecule has 0 amide bonds. The van der Waals surface area contributed by atoms with Crippen LogP contribution in [0.25, 0.3) is 15.5 Å². The predicted octanol–water partition coefficient (Wildman–Crippen LogP) is 2.16. The summed E-state index contributed by atoms with van der Waals surface area (Å²) in [6.45, 7) is 0. The Morgan fingerprint density at radius 3 is 3.11 bits per heavy atom. The van der Waals surface area contributed by atoms with Crippen molar-refractivity contribution in [2.24, 2.45) is 0 Å². The average Bonchev–Trinajstić information content (AvgIpc) is 2.88. The fraction of sp³-hybridized carbons (Fsp3) is 0.0909. The average molecular weight is 279 g/mol. The number of hydrogen-bond donors (Lipinski definition) is 0. The SMILES string of the molecule is O=C(Cl)Cc1cccc(-c2nn3cnnc3s2)c1. The summed E-state index contributed by atoms with van der Waals surface area (Å²) in [4.78, 5) is 11.6. The van der Waals surface area contributed by atoms with Crippen molar-refractivity contribution >= 4 is 33.1 Å². The third-order valence-corrected chi connectivity index (χ3v) is 3.50. The normalized spacial score (nSPS) is 10.9. The first kappa shape index (κ1) is 11.3. The third kappa shape index (κ3) is 2.12. The van der Waals surface area contributed by atoms with Crippen LogP contribution >= 0.6 is 22.9 Å². The summed E-state index contributed by atoms with van der Waals surface area (Å²) in [6.07, 6.45) is 1.78. The van der Waals surface area contributed by atoms with E-state index in [0.29, 0.717) is 0 Å². The molecule has 0 aliphatic carbocycles. The lowest BCUT2D eigenvalue weighted by molar-refractivity contribution is -0.111. The summed E-state index contributed by atoms with van der Waals surface area (Å²) >= 11 is 6.83. The van der Waals surface area contributed by atoms with Crippen LogP contribution in [0.4, 0.5) is 0 Å². The Balaban J connectivity index is 2.00. The summed E-state index contributed by atoms with van der Waals surface area (Å²) in [5.41, 5.74) is 1.82.